The second-order valence-electron chi connectivity index (χ2n) is 8.26. The van der Waals surface area contributed by atoms with Crippen molar-refractivity contribution >= 4 is 27.5 Å². The molecule has 0 fully saturated rings. The van der Waals surface area contributed by atoms with Crippen molar-refractivity contribution in [1.82, 2.24) is 10.2 Å². The summed E-state index contributed by atoms with van der Waals surface area (Å²) < 4.78 is 52.5. The van der Waals surface area contributed by atoms with Gasteiger partial charge in [0.2, 0.25) is 21.8 Å². The summed E-state index contributed by atoms with van der Waals surface area (Å²) in [7, 11) is -3.80. The molecule has 0 aliphatic carbocycles. The van der Waals surface area contributed by atoms with E-state index >= 15 is 0 Å². The molecule has 0 bridgehead atoms. The van der Waals surface area contributed by atoms with Gasteiger partial charge in [-0.2, -0.15) is 0 Å². The first-order valence-electron chi connectivity index (χ1n) is 11.6. The third-order valence-electron chi connectivity index (χ3n) is 5.47. The van der Waals surface area contributed by atoms with E-state index in [-0.39, 0.29) is 43.4 Å². The lowest BCUT2D eigenvalue weighted by atomic mass is 10.1. The summed E-state index contributed by atoms with van der Waals surface area (Å²) in [5.41, 5.74) is 0.840. The molecule has 0 unspecified atom stereocenters. The van der Waals surface area contributed by atoms with Gasteiger partial charge in [0, 0.05) is 32.1 Å². The number of hydrogen-bond donors (Lipinski definition) is 1. The third-order valence-corrected chi connectivity index (χ3v) is 6.67. The number of nitrogens with zero attached hydrogens (tertiary/aromatic N) is 2. The van der Waals surface area contributed by atoms with Gasteiger partial charge in [-0.15, -0.1) is 0 Å². The maximum Gasteiger partial charge on any atom is 0.242 e. The molecule has 2 rings (SSSR count). The smallest absolute Gasteiger partial charge is 0.242 e. The molecule has 2 aromatic carbocycles. The predicted molar refractivity (Wildman–Crippen MR) is 132 cm³/mol. The molecule has 2 amide bonds. The lowest BCUT2D eigenvalue weighted by molar-refractivity contribution is -0.141. The highest BCUT2D eigenvalue weighted by atomic mass is 32.2. The Morgan fingerprint density at radius 3 is 2.29 bits per heavy atom. The Bertz CT molecular complexity index is 1100. The first-order chi connectivity index (χ1) is 16.6. The van der Waals surface area contributed by atoms with Gasteiger partial charge >= 0.3 is 0 Å². The lowest BCUT2D eigenvalue weighted by Crippen LogP contribution is -2.49. The zero-order valence-electron chi connectivity index (χ0n) is 20.3. The third kappa shape index (κ3) is 8.31. The average molecular weight is 510 g/mol. The normalized spacial score (nSPS) is 12.1. The molecule has 0 aliphatic rings. The van der Waals surface area contributed by atoms with Crippen LogP contribution in [0.4, 0.5) is 14.5 Å². The molecule has 0 aromatic heterocycles. The quantitative estimate of drug-likeness (QED) is 0.445. The van der Waals surface area contributed by atoms with E-state index in [4.69, 9.17) is 0 Å². The van der Waals surface area contributed by atoms with Gasteiger partial charge in [-0.1, -0.05) is 44.2 Å². The molecule has 0 heterocycles. The van der Waals surface area contributed by atoms with Crippen LogP contribution in [0.25, 0.3) is 0 Å². The standard InChI is InChI=1S/C25H33F2N3O4S/c1-4-15-28-25(32)23(5-2)29(18-19-10-7-6-8-11-19)24(31)12-9-16-30(35(3,33)34)20-13-14-21(26)22(27)17-20/h6-8,10-11,13-14,17,23H,4-5,9,12,15-16,18H2,1-3H3,(H,28,32)/t23-/m1/s1. The Balaban J connectivity index is 2.19. The maximum absolute atomic E-state index is 13.7. The summed E-state index contributed by atoms with van der Waals surface area (Å²) in [5.74, 6) is -2.78. The van der Waals surface area contributed by atoms with E-state index in [0.717, 1.165) is 34.7 Å². The summed E-state index contributed by atoms with van der Waals surface area (Å²) in [4.78, 5) is 27.5. The van der Waals surface area contributed by atoms with Gasteiger partial charge in [0.1, 0.15) is 6.04 Å². The number of anilines is 1. The van der Waals surface area contributed by atoms with Crippen molar-refractivity contribution in [2.45, 2.75) is 52.1 Å². The van der Waals surface area contributed by atoms with Crippen LogP contribution in [0.2, 0.25) is 0 Å². The summed E-state index contributed by atoms with van der Waals surface area (Å²) in [6.45, 7) is 4.40. The zero-order chi connectivity index (χ0) is 26.0. The van der Waals surface area contributed by atoms with E-state index < -0.39 is 27.7 Å². The number of carbonyl (C=O) groups is 2. The second kappa shape index (κ2) is 13.2. The monoisotopic (exact) mass is 509 g/mol. The molecular weight excluding hydrogens is 476 g/mol. The van der Waals surface area contributed by atoms with Crippen LogP contribution < -0.4 is 9.62 Å². The van der Waals surface area contributed by atoms with Crippen molar-refractivity contribution < 1.29 is 26.8 Å². The SMILES string of the molecule is CCCNC(=O)[C@@H](CC)N(Cc1ccccc1)C(=O)CCCN(c1ccc(F)c(F)c1)S(C)(=O)=O. The predicted octanol–water partition coefficient (Wildman–Crippen LogP) is 3.84. The molecule has 1 atom stereocenters. The molecule has 0 saturated heterocycles. The zero-order valence-corrected chi connectivity index (χ0v) is 21.2. The molecule has 0 saturated carbocycles. The van der Waals surface area contributed by atoms with E-state index in [0.29, 0.717) is 13.0 Å². The molecule has 2 aromatic rings. The Kier molecular flexibility index (Phi) is 10.6. The van der Waals surface area contributed by atoms with E-state index in [1.165, 1.54) is 11.0 Å². The largest absolute Gasteiger partial charge is 0.354 e. The molecule has 0 aliphatic heterocycles. The van der Waals surface area contributed by atoms with Crippen LogP contribution in [-0.4, -0.2) is 50.5 Å². The summed E-state index contributed by atoms with van der Waals surface area (Å²) in [5, 5.41) is 2.84. The Labute approximate surface area is 206 Å². The van der Waals surface area contributed by atoms with Crippen LogP contribution in [0.5, 0.6) is 0 Å². The number of rotatable bonds is 13. The van der Waals surface area contributed by atoms with Crippen LogP contribution in [0.15, 0.2) is 48.5 Å². The minimum atomic E-state index is -3.80. The summed E-state index contributed by atoms with van der Waals surface area (Å²) in [6.07, 6.45) is 2.24. The number of sulfonamides is 1. The van der Waals surface area contributed by atoms with Crippen LogP contribution >= 0.6 is 0 Å². The minimum Gasteiger partial charge on any atom is -0.354 e. The number of hydrogen-bond acceptors (Lipinski definition) is 4. The van der Waals surface area contributed by atoms with Crippen molar-refractivity contribution in [2.75, 3.05) is 23.7 Å². The number of amides is 2. The van der Waals surface area contributed by atoms with Crippen molar-refractivity contribution in [3.8, 4) is 0 Å². The number of benzene rings is 2. The maximum atomic E-state index is 13.7. The fourth-order valence-electron chi connectivity index (χ4n) is 3.71. The first-order valence-corrected chi connectivity index (χ1v) is 13.5. The molecule has 10 heteroatoms. The number of halogens is 2. The lowest BCUT2D eigenvalue weighted by Gasteiger charge is -2.31. The van der Waals surface area contributed by atoms with Crippen LogP contribution in [-0.2, 0) is 26.2 Å². The minimum absolute atomic E-state index is 0.0228. The van der Waals surface area contributed by atoms with Gasteiger partial charge in [0.15, 0.2) is 11.6 Å². The van der Waals surface area contributed by atoms with E-state index in [9.17, 15) is 26.8 Å². The molecule has 192 valence electrons. The molecule has 7 nitrogen and oxygen atoms in total. The highest BCUT2D eigenvalue weighted by molar-refractivity contribution is 7.92. The number of carbonyl (C=O) groups excluding carboxylic acids is 2. The summed E-state index contributed by atoms with van der Waals surface area (Å²) >= 11 is 0. The second-order valence-corrected chi connectivity index (χ2v) is 10.2. The molecule has 1 N–H and O–H groups in total. The van der Waals surface area contributed by atoms with Gasteiger partial charge < -0.3 is 10.2 Å². The Morgan fingerprint density at radius 2 is 1.71 bits per heavy atom. The molecule has 0 spiro atoms. The van der Waals surface area contributed by atoms with Crippen molar-refractivity contribution in [2.24, 2.45) is 0 Å². The highest BCUT2D eigenvalue weighted by Gasteiger charge is 2.28. The fourth-order valence-corrected chi connectivity index (χ4v) is 4.67. The van der Waals surface area contributed by atoms with E-state index in [2.05, 4.69) is 5.32 Å². The van der Waals surface area contributed by atoms with Gasteiger partial charge in [-0.25, -0.2) is 17.2 Å². The van der Waals surface area contributed by atoms with Crippen molar-refractivity contribution in [3.05, 3.63) is 65.7 Å². The van der Waals surface area contributed by atoms with Crippen LogP contribution in [0, 0.1) is 11.6 Å². The van der Waals surface area contributed by atoms with Gasteiger partial charge in [0.25, 0.3) is 0 Å². The molecule has 35 heavy (non-hydrogen) atoms. The van der Waals surface area contributed by atoms with Crippen molar-refractivity contribution in [3.63, 3.8) is 0 Å². The topological polar surface area (TPSA) is 86.8 Å². The fraction of sp³-hybridized carbons (Fsp3) is 0.440. The van der Waals surface area contributed by atoms with E-state index in [1.807, 2.05) is 44.2 Å². The van der Waals surface area contributed by atoms with E-state index in [1.54, 1.807) is 0 Å². The average Bonchev–Trinajstić information content (AvgIpc) is 2.82. The van der Waals surface area contributed by atoms with Crippen LogP contribution in [0.1, 0.15) is 45.1 Å². The Hall–Kier alpha value is -3.01. The molecule has 0 radical (unpaired) electrons. The molecular formula is C25H33F2N3O4S. The highest BCUT2D eigenvalue weighted by Crippen LogP contribution is 2.22. The van der Waals surface area contributed by atoms with Gasteiger partial charge in [-0.3, -0.25) is 13.9 Å². The summed E-state index contributed by atoms with van der Waals surface area (Å²) in [6, 6.07) is 11.5. The number of nitrogens with one attached hydrogen (secondary N) is 1. The first kappa shape index (κ1) is 28.2. The van der Waals surface area contributed by atoms with Crippen LogP contribution in [0.3, 0.4) is 0 Å². The van der Waals surface area contributed by atoms with Crippen molar-refractivity contribution in [1.29, 1.82) is 0 Å². The van der Waals surface area contributed by atoms with Gasteiger partial charge in [0.05, 0.1) is 11.9 Å². The van der Waals surface area contributed by atoms with Gasteiger partial charge in [-0.05, 0) is 37.0 Å². The Morgan fingerprint density at radius 1 is 1.03 bits per heavy atom.